The molecular formula is C14H11BrN4OS. The van der Waals surface area contributed by atoms with Gasteiger partial charge in [0.2, 0.25) is 0 Å². The van der Waals surface area contributed by atoms with Gasteiger partial charge < -0.3 is 11.1 Å². The molecule has 0 saturated heterocycles. The molecule has 0 radical (unpaired) electrons. The van der Waals surface area contributed by atoms with Gasteiger partial charge in [0.25, 0.3) is 5.91 Å². The number of fused-ring (bicyclic) bond motifs is 1. The van der Waals surface area contributed by atoms with Gasteiger partial charge in [-0.3, -0.25) is 4.79 Å². The van der Waals surface area contributed by atoms with Crippen molar-refractivity contribution < 1.29 is 4.79 Å². The molecule has 0 bridgehead atoms. The smallest absolute Gasteiger partial charge is 0.263 e. The molecule has 0 aliphatic carbocycles. The van der Waals surface area contributed by atoms with Gasteiger partial charge in [0.1, 0.15) is 4.88 Å². The Labute approximate surface area is 133 Å². The second-order valence-electron chi connectivity index (χ2n) is 4.38. The molecule has 1 amide bonds. The number of hydrogen-bond acceptors (Lipinski definition) is 5. The van der Waals surface area contributed by atoms with Crippen LogP contribution in [-0.2, 0) is 6.54 Å². The van der Waals surface area contributed by atoms with E-state index in [1.54, 1.807) is 18.3 Å². The second kappa shape index (κ2) is 5.79. The Hall–Kier alpha value is -1.99. The molecule has 0 spiro atoms. The summed E-state index contributed by atoms with van der Waals surface area (Å²) in [5, 5.41) is 11.4. The molecule has 21 heavy (non-hydrogen) atoms. The number of carbonyl (C=O) groups excluding carboxylic acids is 1. The number of nitrogen functional groups attached to an aromatic ring is 1. The molecule has 3 aromatic rings. The van der Waals surface area contributed by atoms with E-state index in [1.807, 2.05) is 18.2 Å². The predicted molar refractivity (Wildman–Crippen MR) is 87.1 cm³/mol. The zero-order chi connectivity index (χ0) is 14.8. The maximum atomic E-state index is 12.3. The van der Waals surface area contributed by atoms with Crippen LogP contribution >= 0.6 is 27.3 Å². The molecule has 5 nitrogen and oxygen atoms in total. The first-order chi connectivity index (χ1) is 10.1. The maximum absolute atomic E-state index is 12.3. The number of anilines is 1. The van der Waals surface area contributed by atoms with Gasteiger partial charge in [-0.1, -0.05) is 15.9 Å². The summed E-state index contributed by atoms with van der Waals surface area (Å²) in [4.78, 5) is 12.8. The first-order valence-electron chi connectivity index (χ1n) is 6.17. The van der Waals surface area contributed by atoms with Crippen LogP contribution in [0.2, 0.25) is 0 Å². The standard InChI is InChI=1S/C14H11BrN4OS/c15-8-3-4-11-10(6-8)12(16)13(21-11)14(20)17-7-9-2-1-5-18-19-9/h1-6H,7,16H2,(H,17,20). The average Bonchev–Trinajstić information content (AvgIpc) is 2.83. The van der Waals surface area contributed by atoms with E-state index in [0.717, 1.165) is 14.6 Å². The third kappa shape index (κ3) is 2.88. The Morgan fingerprint density at radius 3 is 3.00 bits per heavy atom. The lowest BCUT2D eigenvalue weighted by atomic mass is 10.2. The Balaban J connectivity index is 1.83. The zero-order valence-electron chi connectivity index (χ0n) is 10.8. The summed E-state index contributed by atoms with van der Waals surface area (Å²) in [7, 11) is 0. The molecule has 106 valence electrons. The van der Waals surface area contributed by atoms with Crippen molar-refractivity contribution in [1.82, 2.24) is 15.5 Å². The van der Waals surface area contributed by atoms with Gasteiger partial charge in [-0.2, -0.15) is 10.2 Å². The van der Waals surface area contributed by atoms with Gasteiger partial charge in [-0.25, -0.2) is 0 Å². The molecule has 7 heteroatoms. The summed E-state index contributed by atoms with van der Waals surface area (Å²) >= 11 is 4.79. The fraction of sp³-hybridized carbons (Fsp3) is 0.0714. The number of rotatable bonds is 3. The minimum atomic E-state index is -0.199. The Morgan fingerprint density at radius 1 is 1.38 bits per heavy atom. The molecule has 3 N–H and O–H groups in total. The van der Waals surface area contributed by atoms with E-state index in [1.165, 1.54) is 11.3 Å². The summed E-state index contributed by atoms with van der Waals surface area (Å²) in [5.41, 5.74) is 7.29. The quantitative estimate of drug-likeness (QED) is 0.750. The third-order valence-electron chi connectivity index (χ3n) is 2.95. The van der Waals surface area contributed by atoms with Crippen LogP contribution in [0.15, 0.2) is 41.0 Å². The van der Waals surface area contributed by atoms with E-state index >= 15 is 0 Å². The summed E-state index contributed by atoms with van der Waals surface area (Å²) in [6.45, 7) is 0.323. The summed E-state index contributed by atoms with van der Waals surface area (Å²) in [5.74, 6) is -0.199. The Kier molecular flexibility index (Phi) is 3.85. The Morgan fingerprint density at radius 2 is 2.24 bits per heavy atom. The highest BCUT2D eigenvalue weighted by Crippen LogP contribution is 2.35. The van der Waals surface area contributed by atoms with Crippen molar-refractivity contribution in [1.29, 1.82) is 0 Å². The monoisotopic (exact) mass is 362 g/mol. The van der Waals surface area contributed by atoms with Crippen LogP contribution in [0.5, 0.6) is 0 Å². The fourth-order valence-electron chi connectivity index (χ4n) is 1.94. The molecule has 0 atom stereocenters. The van der Waals surface area contributed by atoms with Crippen molar-refractivity contribution >= 4 is 48.9 Å². The molecule has 0 aliphatic rings. The molecule has 0 aliphatic heterocycles. The summed E-state index contributed by atoms with van der Waals surface area (Å²) in [6.07, 6.45) is 1.59. The van der Waals surface area contributed by atoms with E-state index < -0.39 is 0 Å². The predicted octanol–water partition coefficient (Wildman–Crippen LogP) is 2.97. The number of nitrogens with zero attached hydrogens (tertiary/aromatic N) is 2. The number of amides is 1. The van der Waals surface area contributed by atoms with E-state index in [9.17, 15) is 4.79 Å². The average molecular weight is 363 g/mol. The number of thiophene rings is 1. The van der Waals surface area contributed by atoms with Crippen molar-refractivity contribution in [3.05, 3.63) is 51.6 Å². The van der Waals surface area contributed by atoms with E-state index in [-0.39, 0.29) is 5.91 Å². The van der Waals surface area contributed by atoms with Gasteiger partial charge in [-0.15, -0.1) is 11.3 Å². The topological polar surface area (TPSA) is 80.9 Å². The molecular weight excluding hydrogens is 352 g/mol. The summed E-state index contributed by atoms with van der Waals surface area (Å²) in [6, 6.07) is 9.37. The van der Waals surface area contributed by atoms with E-state index in [4.69, 9.17) is 5.73 Å². The lowest BCUT2D eigenvalue weighted by Gasteiger charge is -2.03. The number of hydrogen-bond donors (Lipinski definition) is 2. The van der Waals surface area contributed by atoms with Crippen molar-refractivity contribution in [3.63, 3.8) is 0 Å². The van der Waals surface area contributed by atoms with Gasteiger partial charge >= 0.3 is 0 Å². The molecule has 2 heterocycles. The van der Waals surface area contributed by atoms with Gasteiger partial charge in [-0.05, 0) is 30.3 Å². The highest BCUT2D eigenvalue weighted by atomic mass is 79.9. The lowest BCUT2D eigenvalue weighted by Crippen LogP contribution is -2.23. The lowest BCUT2D eigenvalue weighted by molar-refractivity contribution is 0.0955. The van der Waals surface area contributed by atoms with Crippen LogP contribution < -0.4 is 11.1 Å². The number of carbonyl (C=O) groups is 1. The number of nitrogens with one attached hydrogen (secondary N) is 1. The molecule has 0 fully saturated rings. The van der Waals surface area contributed by atoms with Gasteiger partial charge in [0, 0.05) is 20.8 Å². The van der Waals surface area contributed by atoms with Crippen LogP contribution in [0.25, 0.3) is 10.1 Å². The molecule has 2 aromatic heterocycles. The maximum Gasteiger partial charge on any atom is 0.263 e. The van der Waals surface area contributed by atoms with Crippen LogP contribution in [0.1, 0.15) is 15.4 Å². The largest absolute Gasteiger partial charge is 0.397 e. The van der Waals surface area contributed by atoms with Crippen LogP contribution in [0.4, 0.5) is 5.69 Å². The molecule has 0 saturated carbocycles. The first kappa shape index (κ1) is 14.0. The number of benzene rings is 1. The van der Waals surface area contributed by atoms with Crippen molar-refractivity contribution in [3.8, 4) is 0 Å². The Bertz CT molecular complexity index is 803. The van der Waals surface area contributed by atoms with Crippen LogP contribution in [0.3, 0.4) is 0 Å². The van der Waals surface area contributed by atoms with Crippen LogP contribution in [0, 0.1) is 0 Å². The van der Waals surface area contributed by atoms with E-state index in [2.05, 4.69) is 31.4 Å². The minimum Gasteiger partial charge on any atom is -0.397 e. The van der Waals surface area contributed by atoms with Crippen LogP contribution in [-0.4, -0.2) is 16.1 Å². The minimum absolute atomic E-state index is 0.199. The second-order valence-corrected chi connectivity index (χ2v) is 6.35. The zero-order valence-corrected chi connectivity index (χ0v) is 13.2. The normalized spacial score (nSPS) is 10.7. The summed E-state index contributed by atoms with van der Waals surface area (Å²) < 4.78 is 1.92. The van der Waals surface area contributed by atoms with Gasteiger partial charge in [0.15, 0.2) is 0 Å². The van der Waals surface area contributed by atoms with Crippen molar-refractivity contribution in [2.75, 3.05) is 5.73 Å². The molecule has 1 aromatic carbocycles. The highest BCUT2D eigenvalue weighted by Gasteiger charge is 2.16. The molecule has 0 unspecified atom stereocenters. The molecule has 3 rings (SSSR count). The van der Waals surface area contributed by atoms with Crippen molar-refractivity contribution in [2.24, 2.45) is 0 Å². The third-order valence-corrected chi connectivity index (χ3v) is 4.63. The number of halogens is 1. The van der Waals surface area contributed by atoms with Crippen molar-refractivity contribution in [2.45, 2.75) is 6.54 Å². The first-order valence-corrected chi connectivity index (χ1v) is 7.78. The van der Waals surface area contributed by atoms with Gasteiger partial charge in [0.05, 0.1) is 17.9 Å². The number of nitrogens with two attached hydrogens (primary N) is 1. The number of aromatic nitrogens is 2. The van der Waals surface area contributed by atoms with E-state index in [0.29, 0.717) is 22.8 Å². The highest BCUT2D eigenvalue weighted by molar-refractivity contribution is 9.10. The SMILES string of the molecule is Nc1c(C(=O)NCc2cccnn2)sc2ccc(Br)cc12. The fourth-order valence-corrected chi connectivity index (χ4v) is 3.32.